The van der Waals surface area contributed by atoms with Gasteiger partial charge in [-0.25, -0.2) is 4.39 Å². The second-order valence-electron chi connectivity index (χ2n) is 3.13. The highest BCUT2D eigenvalue weighted by Crippen LogP contribution is 2.08. The molecule has 0 amide bonds. The van der Waals surface area contributed by atoms with Gasteiger partial charge in [0.15, 0.2) is 0 Å². The number of rotatable bonds is 3. The van der Waals surface area contributed by atoms with Crippen LogP contribution in [0.4, 0.5) is 4.39 Å². The van der Waals surface area contributed by atoms with Crippen LogP contribution in [0.3, 0.4) is 0 Å². The third-order valence-corrected chi connectivity index (χ3v) is 1.97. The van der Waals surface area contributed by atoms with Crippen LogP contribution >= 0.6 is 0 Å². The molecule has 0 saturated heterocycles. The van der Waals surface area contributed by atoms with Crippen LogP contribution in [0.25, 0.3) is 0 Å². The van der Waals surface area contributed by atoms with E-state index in [1.165, 1.54) is 5.56 Å². The summed E-state index contributed by atoms with van der Waals surface area (Å²) in [5, 5.41) is 0. The minimum Gasteiger partial charge on any atom is -0.327 e. The van der Waals surface area contributed by atoms with Gasteiger partial charge in [0, 0.05) is 6.54 Å². The normalized spacial score (nSPS) is 11.8. The van der Waals surface area contributed by atoms with E-state index < -0.39 is 0 Å². The van der Waals surface area contributed by atoms with E-state index in [2.05, 4.69) is 0 Å². The van der Waals surface area contributed by atoms with E-state index in [9.17, 15) is 4.39 Å². The lowest BCUT2D eigenvalue weighted by Crippen LogP contribution is -2.05. The van der Waals surface area contributed by atoms with Crippen molar-refractivity contribution >= 4 is 0 Å². The lowest BCUT2D eigenvalue weighted by atomic mass is 10.1. The number of hydrogen-bond acceptors (Lipinski definition) is 1. The highest BCUT2D eigenvalue weighted by Gasteiger charge is 1.97. The van der Waals surface area contributed by atoms with Crippen LogP contribution in [0, 0.1) is 6.92 Å². The second-order valence-corrected chi connectivity index (χ2v) is 3.13. The van der Waals surface area contributed by atoms with E-state index in [0.29, 0.717) is 18.3 Å². The van der Waals surface area contributed by atoms with Gasteiger partial charge in [-0.15, -0.1) is 0 Å². The summed E-state index contributed by atoms with van der Waals surface area (Å²) in [6.45, 7) is 2.31. The molecule has 2 N–H and O–H groups in total. The Morgan fingerprint density at radius 1 is 1.38 bits per heavy atom. The van der Waals surface area contributed by atoms with E-state index >= 15 is 0 Å². The fraction of sp³-hybridized carbons (Fsp3) is 0.273. The van der Waals surface area contributed by atoms with Crippen molar-refractivity contribution in [1.29, 1.82) is 0 Å². The molecular formula is C11H14FN. The minimum atomic E-state index is 0.282. The molecule has 0 bridgehead atoms. The standard InChI is InChI=1S/C11H14FN/c1-9-2-4-10(5-3-9)6-11(7-12)8-13/h2-5,7H,6,8,13H2,1H3/b11-7-. The maximum atomic E-state index is 12.2. The Labute approximate surface area is 78.1 Å². The summed E-state index contributed by atoms with van der Waals surface area (Å²) < 4.78 is 12.2. The summed E-state index contributed by atoms with van der Waals surface area (Å²) in [7, 11) is 0. The molecule has 1 aromatic carbocycles. The first-order chi connectivity index (χ1) is 6.26. The predicted octanol–water partition coefficient (Wildman–Crippen LogP) is 2.35. The summed E-state index contributed by atoms with van der Waals surface area (Å²) in [6, 6.07) is 8.02. The number of halogens is 1. The number of benzene rings is 1. The largest absolute Gasteiger partial charge is 0.327 e. The smallest absolute Gasteiger partial charge is 0.0875 e. The molecule has 0 radical (unpaired) electrons. The van der Waals surface area contributed by atoms with Crippen LogP contribution in [0.5, 0.6) is 0 Å². The Hall–Kier alpha value is -1.15. The number of nitrogens with two attached hydrogens (primary N) is 1. The summed E-state index contributed by atoms with van der Waals surface area (Å²) in [5.41, 5.74) is 8.29. The van der Waals surface area contributed by atoms with E-state index in [0.717, 1.165) is 5.56 Å². The Morgan fingerprint density at radius 2 is 2.00 bits per heavy atom. The maximum Gasteiger partial charge on any atom is 0.0875 e. The van der Waals surface area contributed by atoms with Gasteiger partial charge < -0.3 is 5.73 Å². The van der Waals surface area contributed by atoms with Gasteiger partial charge >= 0.3 is 0 Å². The molecule has 0 saturated carbocycles. The van der Waals surface area contributed by atoms with Crippen molar-refractivity contribution in [2.75, 3.05) is 6.54 Å². The van der Waals surface area contributed by atoms with Crippen LogP contribution in [0.15, 0.2) is 36.2 Å². The van der Waals surface area contributed by atoms with Gasteiger partial charge in [-0.05, 0) is 24.5 Å². The predicted molar refractivity (Wildman–Crippen MR) is 53.1 cm³/mol. The van der Waals surface area contributed by atoms with Crippen molar-refractivity contribution in [3.8, 4) is 0 Å². The summed E-state index contributed by atoms with van der Waals surface area (Å²) in [4.78, 5) is 0. The van der Waals surface area contributed by atoms with Crippen LogP contribution in [0.1, 0.15) is 11.1 Å². The van der Waals surface area contributed by atoms with Gasteiger partial charge in [0.25, 0.3) is 0 Å². The first-order valence-electron chi connectivity index (χ1n) is 4.30. The Balaban J connectivity index is 2.69. The SMILES string of the molecule is Cc1ccc(C/C(=C/F)CN)cc1. The molecule has 0 unspecified atom stereocenters. The number of hydrogen-bond donors (Lipinski definition) is 1. The lowest BCUT2D eigenvalue weighted by molar-refractivity contribution is 0.699. The van der Waals surface area contributed by atoms with Crippen LogP contribution in [0.2, 0.25) is 0 Å². The second kappa shape index (κ2) is 4.77. The Kier molecular flexibility index (Phi) is 3.65. The number of aryl methyl sites for hydroxylation is 1. The molecule has 0 spiro atoms. The maximum absolute atomic E-state index is 12.2. The van der Waals surface area contributed by atoms with E-state index in [1.54, 1.807) is 0 Å². The molecule has 0 aliphatic carbocycles. The highest BCUT2D eigenvalue weighted by atomic mass is 19.1. The molecule has 0 heterocycles. The zero-order valence-electron chi connectivity index (χ0n) is 7.76. The van der Waals surface area contributed by atoms with Gasteiger partial charge in [-0.2, -0.15) is 0 Å². The summed E-state index contributed by atoms with van der Waals surface area (Å²) in [6.07, 6.45) is 1.20. The van der Waals surface area contributed by atoms with Crippen LogP contribution in [-0.4, -0.2) is 6.54 Å². The zero-order valence-corrected chi connectivity index (χ0v) is 7.76. The first kappa shape index (κ1) is 9.93. The van der Waals surface area contributed by atoms with Gasteiger partial charge in [-0.3, -0.25) is 0 Å². The topological polar surface area (TPSA) is 26.0 Å². The zero-order chi connectivity index (χ0) is 9.68. The van der Waals surface area contributed by atoms with Crippen molar-refractivity contribution in [1.82, 2.24) is 0 Å². The molecule has 2 heteroatoms. The highest BCUT2D eigenvalue weighted by molar-refractivity contribution is 5.25. The fourth-order valence-electron chi connectivity index (χ4n) is 1.12. The molecule has 0 aliphatic rings. The molecular weight excluding hydrogens is 165 g/mol. The Bertz CT molecular complexity index is 287. The molecule has 0 aliphatic heterocycles. The lowest BCUT2D eigenvalue weighted by Gasteiger charge is -2.02. The third-order valence-electron chi connectivity index (χ3n) is 1.97. The molecule has 70 valence electrons. The average molecular weight is 179 g/mol. The van der Waals surface area contributed by atoms with Gasteiger partial charge in [0.2, 0.25) is 0 Å². The minimum absolute atomic E-state index is 0.282. The first-order valence-corrected chi connectivity index (χ1v) is 4.30. The Morgan fingerprint density at radius 3 is 2.46 bits per heavy atom. The molecule has 0 fully saturated rings. The van der Waals surface area contributed by atoms with Gasteiger partial charge in [-0.1, -0.05) is 29.8 Å². The van der Waals surface area contributed by atoms with Gasteiger partial charge in [0.05, 0.1) is 6.33 Å². The monoisotopic (exact) mass is 179 g/mol. The summed E-state index contributed by atoms with van der Waals surface area (Å²) in [5.74, 6) is 0. The molecule has 1 aromatic rings. The molecule has 1 nitrogen and oxygen atoms in total. The summed E-state index contributed by atoms with van der Waals surface area (Å²) >= 11 is 0. The van der Waals surface area contributed by atoms with E-state index in [-0.39, 0.29) is 6.54 Å². The fourth-order valence-corrected chi connectivity index (χ4v) is 1.12. The van der Waals surface area contributed by atoms with Crippen molar-refractivity contribution in [2.24, 2.45) is 5.73 Å². The van der Waals surface area contributed by atoms with Crippen molar-refractivity contribution in [3.63, 3.8) is 0 Å². The average Bonchev–Trinajstić information content (AvgIpc) is 2.17. The third kappa shape index (κ3) is 2.99. The molecule has 0 aromatic heterocycles. The van der Waals surface area contributed by atoms with E-state index in [1.807, 2.05) is 31.2 Å². The van der Waals surface area contributed by atoms with Crippen molar-refractivity contribution in [3.05, 3.63) is 47.3 Å². The van der Waals surface area contributed by atoms with Crippen molar-refractivity contribution in [2.45, 2.75) is 13.3 Å². The quantitative estimate of drug-likeness (QED) is 0.757. The van der Waals surface area contributed by atoms with E-state index in [4.69, 9.17) is 5.73 Å². The van der Waals surface area contributed by atoms with Crippen LogP contribution in [-0.2, 0) is 6.42 Å². The molecule has 0 atom stereocenters. The van der Waals surface area contributed by atoms with Gasteiger partial charge in [0.1, 0.15) is 0 Å². The molecule has 13 heavy (non-hydrogen) atoms. The molecule has 1 rings (SSSR count). The van der Waals surface area contributed by atoms with Crippen molar-refractivity contribution < 1.29 is 4.39 Å². The van der Waals surface area contributed by atoms with Crippen LogP contribution < -0.4 is 5.73 Å².